The molecule has 1 atom stereocenters. The second-order valence-electron chi connectivity index (χ2n) is 6.90. The molecule has 28 heavy (non-hydrogen) atoms. The first-order valence-corrected chi connectivity index (χ1v) is 9.99. The van der Waals surface area contributed by atoms with Crippen LogP contribution in [0.2, 0.25) is 0 Å². The highest BCUT2D eigenvalue weighted by molar-refractivity contribution is 9.10. The second kappa shape index (κ2) is 9.73. The molecule has 150 valence electrons. The summed E-state index contributed by atoms with van der Waals surface area (Å²) in [6.07, 6.45) is 0. The van der Waals surface area contributed by atoms with Crippen LogP contribution >= 0.6 is 15.9 Å². The molecule has 0 aliphatic rings. The van der Waals surface area contributed by atoms with Crippen LogP contribution in [-0.2, 0) is 16.1 Å². The Kier molecular flexibility index (Phi) is 7.63. The zero-order chi connectivity index (χ0) is 20.8. The predicted octanol–water partition coefficient (Wildman–Crippen LogP) is 3.92. The lowest BCUT2D eigenvalue weighted by Gasteiger charge is -2.29. The summed E-state index contributed by atoms with van der Waals surface area (Å²) in [5.41, 5.74) is 4.15. The second-order valence-corrected chi connectivity index (χ2v) is 7.69. The Hall–Kier alpha value is -2.34. The van der Waals surface area contributed by atoms with Gasteiger partial charge in [0, 0.05) is 18.1 Å². The lowest BCUT2D eigenvalue weighted by Crippen LogP contribution is -2.48. The zero-order valence-corrected chi connectivity index (χ0v) is 18.6. The number of hydrogen-bond donors (Lipinski definition) is 1. The van der Waals surface area contributed by atoms with Crippen molar-refractivity contribution >= 4 is 27.7 Å². The first-order chi connectivity index (χ1) is 13.2. The molecule has 0 aliphatic heterocycles. The molecule has 0 spiro atoms. The summed E-state index contributed by atoms with van der Waals surface area (Å²) in [4.78, 5) is 26.7. The Morgan fingerprint density at radius 1 is 1.11 bits per heavy atom. The molecule has 2 aromatic carbocycles. The highest BCUT2D eigenvalue weighted by Crippen LogP contribution is 2.26. The summed E-state index contributed by atoms with van der Waals surface area (Å²) in [6, 6.07) is 11.0. The number of amides is 2. The first-order valence-electron chi connectivity index (χ1n) is 9.19. The molecule has 0 aliphatic carbocycles. The van der Waals surface area contributed by atoms with E-state index < -0.39 is 6.04 Å². The van der Waals surface area contributed by atoms with E-state index in [0.29, 0.717) is 12.3 Å². The summed E-state index contributed by atoms with van der Waals surface area (Å²) in [5, 5.41) is 2.62. The number of ether oxygens (including phenoxy) is 1. The van der Waals surface area contributed by atoms with Crippen molar-refractivity contribution < 1.29 is 14.3 Å². The third-order valence-electron chi connectivity index (χ3n) is 4.79. The molecular formula is C22H27BrN2O3. The van der Waals surface area contributed by atoms with Crippen LogP contribution in [0.25, 0.3) is 0 Å². The SMILES string of the molecule is CNC(=O)C(C)N(Cc1ccccc1C)C(=O)COc1cc(C)c(Br)c(C)c1. The summed E-state index contributed by atoms with van der Waals surface area (Å²) in [7, 11) is 1.57. The molecule has 0 radical (unpaired) electrons. The van der Waals surface area contributed by atoms with Gasteiger partial charge < -0.3 is 15.0 Å². The summed E-state index contributed by atoms with van der Waals surface area (Å²) < 4.78 is 6.78. The fraction of sp³-hybridized carbons (Fsp3) is 0.364. The van der Waals surface area contributed by atoms with Gasteiger partial charge in [0.15, 0.2) is 6.61 Å². The van der Waals surface area contributed by atoms with Crippen molar-refractivity contribution in [1.82, 2.24) is 10.2 Å². The van der Waals surface area contributed by atoms with E-state index in [1.165, 1.54) is 0 Å². The zero-order valence-electron chi connectivity index (χ0n) is 17.0. The lowest BCUT2D eigenvalue weighted by molar-refractivity contribution is -0.142. The molecule has 2 amide bonds. The largest absolute Gasteiger partial charge is 0.484 e. The number of carbonyl (C=O) groups is 2. The number of benzene rings is 2. The molecular weight excluding hydrogens is 420 g/mol. The third-order valence-corrected chi connectivity index (χ3v) is 6.04. The Labute approximate surface area is 175 Å². The van der Waals surface area contributed by atoms with Crippen molar-refractivity contribution in [3.05, 3.63) is 63.1 Å². The number of halogens is 1. The lowest BCUT2D eigenvalue weighted by atomic mass is 10.1. The highest BCUT2D eigenvalue weighted by Gasteiger charge is 2.26. The third kappa shape index (κ3) is 5.35. The molecule has 0 aromatic heterocycles. The molecule has 2 rings (SSSR count). The maximum atomic E-state index is 12.9. The van der Waals surface area contributed by atoms with E-state index in [4.69, 9.17) is 4.74 Å². The van der Waals surface area contributed by atoms with Crippen molar-refractivity contribution in [3.8, 4) is 5.75 Å². The molecule has 0 heterocycles. The minimum atomic E-state index is -0.603. The Morgan fingerprint density at radius 2 is 1.71 bits per heavy atom. The van der Waals surface area contributed by atoms with Gasteiger partial charge in [-0.3, -0.25) is 9.59 Å². The van der Waals surface area contributed by atoms with Gasteiger partial charge in [0.1, 0.15) is 11.8 Å². The first kappa shape index (κ1) is 22.0. The number of likely N-dealkylation sites (N-methyl/N-ethyl adjacent to an activating group) is 1. The number of carbonyl (C=O) groups excluding carboxylic acids is 2. The Balaban J connectivity index is 2.19. The van der Waals surface area contributed by atoms with Crippen molar-refractivity contribution in [2.45, 2.75) is 40.3 Å². The maximum absolute atomic E-state index is 12.9. The molecule has 0 bridgehead atoms. The minimum Gasteiger partial charge on any atom is -0.484 e. The fourth-order valence-electron chi connectivity index (χ4n) is 2.98. The van der Waals surface area contributed by atoms with E-state index in [9.17, 15) is 9.59 Å². The topological polar surface area (TPSA) is 58.6 Å². The van der Waals surface area contributed by atoms with Gasteiger partial charge in [0.25, 0.3) is 5.91 Å². The van der Waals surface area contributed by atoms with E-state index in [-0.39, 0.29) is 18.4 Å². The number of nitrogens with zero attached hydrogens (tertiary/aromatic N) is 1. The molecule has 0 saturated heterocycles. The van der Waals surface area contributed by atoms with E-state index in [0.717, 1.165) is 26.7 Å². The average molecular weight is 447 g/mol. The summed E-state index contributed by atoms with van der Waals surface area (Å²) in [5.74, 6) is 0.185. The van der Waals surface area contributed by atoms with Crippen LogP contribution in [0.15, 0.2) is 40.9 Å². The molecule has 2 aromatic rings. The van der Waals surface area contributed by atoms with Gasteiger partial charge >= 0.3 is 0 Å². The standard InChI is InChI=1S/C22H27BrN2O3/c1-14-8-6-7-9-18(14)12-25(17(4)22(27)24-5)20(26)13-28-19-10-15(2)21(23)16(3)11-19/h6-11,17H,12-13H2,1-5H3,(H,24,27). The maximum Gasteiger partial charge on any atom is 0.261 e. The number of nitrogens with one attached hydrogen (secondary N) is 1. The van der Waals surface area contributed by atoms with Crippen molar-refractivity contribution in [1.29, 1.82) is 0 Å². The highest BCUT2D eigenvalue weighted by atomic mass is 79.9. The van der Waals surface area contributed by atoms with Gasteiger partial charge in [0.05, 0.1) is 0 Å². The molecule has 5 nitrogen and oxygen atoms in total. The van der Waals surface area contributed by atoms with E-state index in [1.54, 1.807) is 18.9 Å². The molecule has 1 unspecified atom stereocenters. The van der Waals surface area contributed by atoms with Crippen LogP contribution in [0, 0.1) is 20.8 Å². The van der Waals surface area contributed by atoms with Gasteiger partial charge in [0.2, 0.25) is 5.91 Å². The summed E-state index contributed by atoms with van der Waals surface area (Å²) in [6.45, 7) is 7.89. The van der Waals surface area contributed by atoms with Crippen LogP contribution in [0.3, 0.4) is 0 Å². The van der Waals surface area contributed by atoms with Crippen LogP contribution in [0.4, 0.5) is 0 Å². The van der Waals surface area contributed by atoms with Crippen LogP contribution in [-0.4, -0.2) is 36.4 Å². The Bertz CT molecular complexity index is 844. The van der Waals surface area contributed by atoms with Crippen molar-refractivity contribution in [3.63, 3.8) is 0 Å². The quantitative estimate of drug-likeness (QED) is 0.700. The van der Waals surface area contributed by atoms with E-state index in [2.05, 4.69) is 21.2 Å². The number of aryl methyl sites for hydroxylation is 3. The molecule has 1 N–H and O–H groups in total. The monoisotopic (exact) mass is 446 g/mol. The average Bonchev–Trinajstić information content (AvgIpc) is 2.68. The van der Waals surface area contributed by atoms with Crippen molar-refractivity contribution in [2.75, 3.05) is 13.7 Å². The van der Waals surface area contributed by atoms with E-state index >= 15 is 0 Å². The van der Waals surface area contributed by atoms with Crippen LogP contribution in [0.5, 0.6) is 5.75 Å². The Morgan fingerprint density at radius 3 is 2.29 bits per heavy atom. The van der Waals surface area contributed by atoms with Gasteiger partial charge in [-0.2, -0.15) is 0 Å². The summed E-state index contributed by atoms with van der Waals surface area (Å²) >= 11 is 3.53. The molecule has 0 saturated carbocycles. The van der Waals surface area contributed by atoms with Gasteiger partial charge in [-0.25, -0.2) is 0 Å². The number of rotatable bonds is 7. The number of hydrogen-bond acceptors (Lipinski definition) is 3. The van der Waals surface area contributed by atoms with Crippen LogP contribution in [0.1, 0.15) is 29.2 Å². The predicted molar refractivity (Wildman–Crippen MR) is 114 cm³/mol. The molecule has 6 heteroatoms. The van der Waals surface area contributed by atoms with Gasteiger partial charge in [-0.1, -0.05) is 40.2 Å². The van der Waals surface area contributed by atoms with Gasteiger partial charge in [-0.15, -0.1) is 0 Å². The fourth-order valence-corrected chi connectivity index (χ4v) is 3.21. The van der Waals surface area contributed by atoms with E-state index in [1.807, 2.05) is 57.2 Å². The molecule has 0 fully saturated rings. The van der Waals surface area contributed by atoms with Crippen LogP contribution < -0.4 is 10.1 Å². The smallest absolute Gasteiger partial charge is 0.261 e. The van der Waals surface area contributed by atoms with Crippen molar-refractivity contribution in [2.24, 2.45) is 0 Å². The minimum absolute atomic E-state index is 0.131. The van der Waals surface area contributed by atoms with Gasteiger partial charge in [-0.05, 0) is 62.1 Å². The normalized spacial score (nSPS) is 11.6.